The van der Waals surface area contributed by atoms with Crippen LogP contribution in [0.15, 0.2) is 71.5 Å². The molecule has 1 heterocycles. The van der Waals surface area contributed by atoms with Crippen LogP contribution in [0, 0.1) is 0 Å². The van der Waals surface area contributed by atoms with Crippen molar-refractivity contribution >= 4 is 32.9 Å². The van der Waals surface area contributed by atoms with Gasteiger partial charge in [-0.05, 0) is 53.8 Å². The van der Waals surface area contributed by atoms with Gasteiger partial charge in [0.1, 0.15) is 12.4 Å². The largest absolute Gasteiger partial charge is 0.489 e. The molecule has 0 unspecified atom stereocenters. The number of rotatable bonds is 9. The average Bonchev–Trinajstić information content (AvgIpc) is 3.18. The predicted molar refractivity (Wildman–Crippen MR) is 129 cm³/mol. The van der Waals surface area contributed by atoms with Gasteiger partial charge in [-0.25, -0.2) is 4.98 Å². The van der Waals surface area contributed by atoms with E-state index in [0.29, 0.717) is 19.6 Å². The van der Waals surface area contributed by atoms with Gasteiger partial charge >= 0.3 is 5.97 Å². The highest BCUT2D eigenvalue weighted by atomic mass is 79.9. The lowest BCUT2D eigenvalue weighted by atomic mass is 9.98. The number of aryl methyl sites for hydroxylation is 2. The molecule has 1 aromatic heterocycles. The lowest BCUT2D eigenvalue weighted by molar-refractivity contribution is -0.136. The molecule has 0 saturated heterocycles. The summed E-state index contributed by atoms with van der Waals surface area (Å²) in [5.74, 6) is 0.0776. The molecule has 0 aliphatic rings. The number of para-hydroxylation sites is 1. The first kappa shape index (κ1) is 22.1. The zero-order valence-electron chi connectivity index (χ0n) is 17.9. The molecule has 0 fully saturated rings. The molecular weight excluding hydrogens is 468 g/mol. The Morgan fingerprint density at radius 2 is 1.91 bits per heavy atom. The topological polar surface area (TPSA) is 64.4 Å². The number of fused-ring (bicyclic) bond motifs is 1. The van der Waals surface area contributed by atoms with Gasteiger partial charge in [-0.2, -0.15) is 0 Å². The third kappa shape index (κ3) is 5.19. The van der Waals surface area contributed by atoms with Crippen LogP contribution in [0.5, 0.6) is 5.75 Å². The second-order valence-electron chi connectivity index (χ2n) is 7.75. The molecule has 1 N–H and O–H groups in total. The minimum Gasteiger partial charge on any atom is -0.489 e. The maximum absolute atomic E-state index is 10.9. The average molecular weight is 493 g/mol. The lowest BCUT2D eigenvalue weighted by Crippen LogP contribution is -2.04. The van der Waals surface area contributed by atoms with Gasteiger partial charge < -0.3 is 14.4 Å². The zero-order chi connectivity index (χ0) is 22.5. The fourth-order valence-corrected chi connectivity index (χ4v) is 4.22. The summed E-state index contributed by atoms with van der Waals surface area (Å²) in [4.78, 5) is 15.4. The van der Waals surface area contributed by atoms with Crippen molar-refractivity contribution in [3.05, 3.63) is 93.7 Å². The second kappa shape index (κ2) is 10.0. The molecule has 4 rings (SSSR count). The Morgan fingerprint density at radius 3 is 2.72 bits per heavy atom. The molecule has 5 nitrogen and oxygen atoms in total. The van der Waals surface area contributed by atoms with E-state index in [4.69, 9.17) is 9.84 Å². The Morgan fingerprint density at radius 1 is 1.06 bits per heavy atom. The maximum Gasteiger partial charge on any atom is 0.303 e. The number of halogens is 1. The van der Waals surface area contributed by atoms with Crippen LogP contribution in [-0.4, -0.2) is 20.6 Å². The Kier molecular flexibility index (Phi) is 6.90. The van der Waals surface area contributed by atoms with Crippen LogP contribution < -0.4 is 4.74 Å². The molecule has 0 aliphatic heterocycles. The van der Waals surface area contributed by atoms with E-state index in [1.165, 1.54) is 5.56 Å². The highest BCUT2D eigenvalue weighted by Crippen LogP contribution is 2.24. The number of nitrogens with zero attached hydrogens (tertiary/aromatic N) is 2. The van der Waals surface area contributed by atoms with Crippen molar-refractivity contribution in [1.82, 2.24) is 9.55 Å². The minimum atomic E-state index is -0.769. The number of aromatic nitrogens is 2. The molecule has 32 heavy (non-hydrogen) atoms. The van der Waals surface area contributed by atoms with E-state index in [1.807, 2.05) is 48.8 Å². The van der Waals surface area contributed by atoms with E-state index in [-0.39, 0.29) is 6.42 Å². The number of benzene rings is 3. The molecule has 4 aromatic rings. The van der Waals surface area contributed by atoms with Crippen molar-refractivity contribution in [2.75, 3.05) is 0 Å². The fourth-order valence-electron chi connectivity index (χ4n) is 3.87. The number of carbonyl (C=O) groups is 1. The summed E-state index contributed by atoms with van der Waals surface area (Å²) in [6.07, 6.45) is 3.43. The molecular formula is C26H25BrN2O3. The van der Waals surface area contributed by atoms with E-state index < -0.39 is 5.97 Å². The normalized spacial score (nSPS) is 11.1. The molecule has 0 aliphatic carbocycles. The number of imidazole rings is 1. The SMILES string of the molecule is CCc1cc(COc2ccccc2Cn2cnc3cc(Br)ccc32)ccc1CCC(=O)O. The summed E-state index contributed by atoms with van der Waals surface area (Å²) >= 11 is 3.50. The second-order valence-corrected chi connectivity index (χ2v) is 8.67. The number of hydrogen-bond donors (Lipinski definition) is 1. The van der Waals surface area contributed by atoms with Crippen LogP contribution in [0.3, 0.4) is 0 Å². The third-order valence-electron chi connectivity index (χ3n) is 5.55. The fraction of sp³-hybridized carbons (Fsp3) is 0.231. The van der Waals surface area contributed by atoms with Gasteiger partial charge in [-0.1, -0.05) is 59.3 Å². The predicted octanol–water partition coefficient (Wildman–Crippen LogP) is 6.01. The van der Waals surface area contributed by atoms with Gasteiger partial charge in [-0.3, -0.25) is 4.79 Å². The molecule has 0 bridgehead atoms. The maximum atomic E-state index is 10.9. The first-order valence-corrected chi connectivity index (χ1v) is 11.5. The van der Waals surface area contributed by atoms with Crippen molar-refractivity contribution in [3.8, 4) is 5.75 Å². The molecule has 0 atom stereocenters. The van der Waals surface area contributed by atoms with Crippen LogP contribution in [0.4, 0.5) is 0 Å². The first-order valence-electron chi connectivity index (χ1n) is 10.7. The lowest BCUT2D eigenvalue weighted by Gasteiger charge is -2.14. The van der Waals surface area contributed by atoms with Gasteiger partial charge in [0.05, 0.1) is 23.9 Å². The number of ether oxygens (including phenoxy) is 1. The molecule has 0 spiro atoms. The van der Waals surface area contributed by atoms with E-state index in [0.717, 1.165) is 44.4 Å². The monoisotopic (exact) mass is 492 g/mol. The summed E-state index contributed by atoms with van der Waals surface area (Å²) in [6, 6.07) is 20.4. The van der Waals surface area contributed by atoms with Crippen molar-refractivity contribution in [1.29, 1.82) is 0 Å². The van der Waals surface area contributed by atoms with Crippen molar-refractivity contribution < 1.29 is 14.6 Å². The Hall–Kier alpha value is -3.12. The van der Waals surface area contributed by atoms with Crippen molar-refractivity contribution in [2.24, 2.45) is 0 Å². The van der Waals surface area contributed by atoms with Crippen LogP contribution in [0.1, 0.15) is 35.6 Å². The summed E-state index contributed by atoms with van der Waals surface area (Å²) in [5, 5.41) is 8.96. The van der Waals surface area contributed by atoms with Gasteiger partial charge in [0.25, 0.3) is 0 Å². The van der Waals surface area contributed by atoms with Crippen LogP contribution in [-0.2, 0) is 30.8 Å². The highest BCUT2D eigenvalue weighted by molar-refractivity contribution is 9.10. The molecule has 0 radical (unpaired) electrons. The summed E-state index contributed by atoms with van der Waals surface area (Å²) < 4.78 is 9.34. The Balaban J connectivity index is 1.49. The summed E-state index contributed by atoms with van der Waals surface area (Å²) in [5.41, 5.74) is 6.46. The molecule has 6 heteroatoms. The standard InChI is InChI=1S/C26H25BrN2O3/c1-2-19-13-18(7-8-20(19)9-12-26(30)31)16-32-25-6-4-3-5-21(25)15-29-17-28-23-14-22(27)10-11-24(23)29/h3-8,10-11,13-14,17H,2,9,12,15-16H2,1H3,(H,30,31). The third-order valence-corrected chi connectivity index (χ3v) is 6.04. The van der Waals surface area contributed by atoms with Gasteiger partial charge in [0.15, 0.2) is 0 Å². The number of aliphatic carboxylic acids is 1. The molecule has 0 amide bonds. The van der Waals surface area contributed by atoms with E-state index in [9.17, 15) is 4.79 Å². The van der Waals surface area contributed by atoms with Crippen molar-refractivity contribution in [3.63, 3.8) is 0 Å². The Labute approximate surface area is 195 Å². The minimum absolute atomic E-state index is 0.149. The first-order chi connectivity index (χ1) is 15.5. The molecule has 3 aromatic carbocycles. The number of carboxylic acids is 1. The number of carboxylic acid groups (broad SMARTS) is 1. The van der Waals surface area contributed by atoms with Gasteiger partial charge in [-0.15, -0.1) is 0 Å². The van der Waals surface area contributed by atoms with Crippen LogP contribution in [0.25, 0.3) is 11.0 Å². The van der Waals surface area contributed by atoms with Gasteiger partial charge in [0, 0.05) is 16.5 Å². The van der Waals surface area contributed by atoms with Crippen LogP contribution in [0.2, 0.25) is 0 Å². The van der Waals surface area contributed by atoms with Crippen LogP contribution >= 0.6 is 15.9 Å². The van der Waals surface area contributed by atoms with E-state index in [2.05, 4.69) is 50.6 Å². The number of hydrogen-bond acceptors (Lipinski definition) is 3. The quantitative estimate of drug-likeness (QED) is 0.310. The summed E-state index contributed by atoms with van der Waals surface area (Å²) in [7, 11) is 0. The van der Waals surface area contributed by atoms with E-state index in [1.54, 1.807) is 0 Å². The molecule has 164 valence electrons. The molecule has 0 saturated carbocycles. The van der Waals surface area contributed by atoms with E-state index >= 15 is 0 Å². The highest BCUT2D eigenvalue weighted by Gasteiger charge is 2.10. The zero-order valence-corrected chi connectivity index (χ0v) is 19.5. The Bertz CT molecular complexity index is 1250. The smallest absolute Gasteiger partial charge is 0.303 e. The summed E-state index contributed by atoms with van der Waals surface area (Å²) in [6.45, 7) is 3.22. The van der Waals surface area contributed by atoms with Crippen molar-refractivity contribution in [2.45, 2.75) is 39.3 Å². The van der Waals surface area contributed by atoms with Gasteiger partial charge in [0.2, 0.25) is 0 Å².